The van der Waals surface area contributed by atoms with Gasteiger partial charge in [0.1, 0.15) is 11.5 Å². The minimum atomic E-state index is -0.985. The summed E-state index contributed by atoms with van der Waals surface area (Å²) in [5.74, 6) is 1.15. The number of ether oxygens (including phenoxy) is 2. The number of benzene rings is 3. The Kier molecular flexibility index (Phi) is 3.69. The zero-order chi connectivity index (χ0) is 19.3. The summed E-state index contributed by atoms with van der Waals surface area (Å²) in [6.07, 6.45) is 0. The van der Waals surface area contributed by atoms with E-state index in [1.54, 1.807) is 0 Å². The molecular weight excluding hydrogens is 350 g/mol. The molecule has 28 heavy (non-hydrogen) atoms. The van der Waals surface area contributed by atoms with Crippen molar-refractivity contribution in [3.05, 3.63) is 89.0 Å². The number of para-hydroxylation sites is 2. The molecule has 0 unspecified atom stereocenters. The molecule has 5 rings (SSSR count). The molecule has 140 valence electrons. The first-order valence-corrected chi connectivity index (χ1v) is 9.69. The van der Waals surface area contributed by atoms with Gasteiger partial charge in [-0.15, -0.1) is 0 Å². The van der Waals surface area contributed by atoms with Crippen molar-refractivity contribution in [2.45, 2.75) is 19.4 Å². The SMILES string of the molecule is CCN(CC)c1cccc2c1C(=O)OC21c2ccccc2Oc2ccccc21. The van der Waals surface area contributed by atoms with Crippen molar-refractivity contribution in [1.29, 1.82) is 0 Å². The van der Waals surface area contributed by atoms with Gasteiger partial charge in [-0.3, -0.25) is 0 Å². The third-order valence-corrected chi connectivity index (χ3v) is 5.73. The number of esters is 1. The Balaban J connectivity index is 1.86. The fourth-order valence-electron chi connectivity index (χ4n) is 4.48. The molecule has 0 aliphatic carbocycles. The van der Waals surface area contributed by atoms with E-state index in [1.165, 1.54) is 0 Å². The first kappa shape index (κ1) is 16.9. The van der Waals surface area contributed by atoms with Gasteiger partial charge in [0.05, 0.1) is 11.3 Å². The predicted octanol–water partition coefficient (Wildman–Crippen LogP) is 5.10. The molecule has 0 saturated heterocycles. The molecule has 0 bridgehead atoms. The molecule has 4 heteroatoms. The largest absolute Gasteiger partial charge is 0.456 e. The van der Waals surface area contributed by atoms with Gasteiger partial charge in [-0.2, -0.15) is 0 Å². The van der Waals surface area contributed by atoms with Gasteiger partial charge in [0.2, 0.25) is 0 Å². The van der Waals surface area contributed by atoms with E-state index >= 15 is 0 Å². The van der Waals surface area contributed by atoms with E-state index in [2.05, 4.69) is 18.7 Å². The molecule has 3 aromatic carbocycles. The summed E-state index contributed by atoms with van der Waals surface area (Å²) in [6, 6.07) is 21.6. The monoisotopic (exact) mass is 371 g/mol. The average Bonchev–Trinajstić information content (AvgIpc) is 3.03. The third kappa shape index (κ3) is 2.09. The van der Waals surface area contributed by atoms with Crippen LogP contribution in [-0.2, 0) is 10.3 Å². The molecule has 4 nitrogen and oxygen atoms in total. The quantitative estimate of drug-likeness (QED) is 0.601. The fraction of sp³-hybridized carbons (Fsp3) is 0.208. The van der Waals surface area contributed by atoms with E-state index in [1.807, 2.05) is 66.7 Å². The van der Waals surface area contributed by atoms with Gasteiger partial charge < -0.3 is 14.4 Å². The Morgan fingerprint density at radius 3 is 1.96 bits per heavy atom. The predicted molar refractivity (Wildman–Crippen MR) is 108 cm³/mol. The Labute approximate surface area is 164 Å². The van der Waals surface area contributed by atoms with Crippen molar-refractivity contribution in [2.24, 2.45) is 0 Å². The minimum Gasteiger partial charge on any atom is -0.456 e. The second kappa shape index (κ2) is 6.13. The Morgan fingerprint density at radius 2 is 1.36 bits per heavy atom. The fourth-order valence-corrected chi connectivity index (χ4v) is 4.48. The summed E-state index contributed by atoms with van der Waals surface area (Å²) < 4.78 is 12.4. The first-order valence-electron chi connectivity index (χ1n) is 9.69. The Bertz CT molecular complexity index is 1040. The summed E-state index contributed by atoms with van der Waals surface area (Å²) in [5.41, 5.74) is 3.18. The van der Waals surface area contributed by atoms with Crippen molar-refractivity contribution < 1.29 is 14.3 Å². The van der Waals surface area contributed by atoms with Gasteiger partial charge in [-0.05, 0) is 32.0 Å². The summed E-state index contributed by atoms with van der Waals surface area (Å²) in [6.45, 7) is 5.84. The van der Waals surface area contributed by atoms with Gasteiger partial charge in [-0.1, -0.05) is 48.5 Å². The number of nitrogens with zero attached hydrogens (tertiary/aromatic N) is 1. The van der Waals surface area contributed by atoms with E-state index in [0.29, 0.717) is 5.56 Å². The summed E-state index contributed by atoms with van der Waals surface area (Å²) >= 11 is 0. The van der Waals surface area contributed by atoms with Crippen LogP contribution in [-0.4, -0.2) is 19.1 Å². The molecule has 2 heterocycles. The number of hydrogen-bond donors (Lipinski definition) is 0. The van der Waals surface area contributed by atoms with E-state index in [-0.39, 0.29) is 5.97 Å². The number of carbonyl (C=O) groups is 1. The standard InChI is InChI=1S/C24H21NO3/c1-3-25(4-2)19-13-9-12-18-22(19)23(26)28-24(18)16-10-5-7-14-20(16)27-21-15-8-6-11-17(21)24/h5-15H,3-4H2,1-2H3. The number of rotatable bonds is 3. The normalized spacial score (nSPS) is 15.3. The van der Waals surface area contributed by atoms with Crippen LogP contribution >= 0.6 is 0 Å². The van der Waals surface area contributed by atoms with Crippen LogP contribution in [0.4, 0.5) is 5.69 Å². The highest BCUT2D eigenvalue weighted by molar-refractivity contribution is 6.02. The molecule has 0 N–H and O–H groups in total. The third-order valence-electron chi connectivity index (χ3n) is 5.73. The summed E-state index contributed by atoms with van der Waals surface area (Å²) in [7, 11) is 0. The summed E-state index contributed by atoms with van der Waals surface area (Å²) in [4.78, 5) is 15.4. The van der Waals surface area contributed by atoms with Crippen molar-refractivity contribution >= 4 is 11.7 Å². The Morgan fingerprint density at radius 1 is 0.786 bits per heavy atom. The molecule has 3 aromatic rings. The lowest BCUT2D eigenvalue weighted by Gasteiger charge is -2.36. The van der Waals surface area contributed by atoms with Crippen LogP contribution in [0.5, 0.6) is 11.5 Å². The van der Waals surface area contributed by atoms with Crippen LogP contribution in [0, 0.1) is 0 Å². The molecule has 0 atom stereocenters. The average molecular weight is 371 g/mol. The minimum absolute atomic E-state index is 0.288. The number of fused-ring (bicyclic) bond motifs is 6. The summed E-state index contributed by atoms with van der Waals surface area (Å²) in [5, 5.41) is 0. The van der Waals surface area contributed by atoms with Gasteiger partial charge in [0, 0.05) is 29.8 Å². The first-order chi connectivity index (χ1) is 13.7. The van der Waals surface area contributed by atoms with Crippen molar-refractivity contribution in [3.8, 4) is 11.5 Å². The van der Waals surface area contributed by atoms with Crippen LogP contribution in [0.3, 0.4) is 0 Å². The highest BCUT2D eigenvalue weighted by atomic mass is 16.6. The highest BCUT2D eigenvalue weighted by Crippen LogP contribution is 2.56. The highest BCUT2D eigenvalue weighted by Gasteiger charge is 2.54. The van der Waals surface area contributed by atoms with Gasteiger partial charge in [0.25, 0.3) is 0 Å². The lowest BCUT2D eigenvalue weighted by molar-refractivity contribution is 0.0224. The molecule has 0 fully saturated rings. The molecule has 0 amide bonds. The van der Waals surface area contributed by atoms with Gasteiger partial charge in [-0.25, -0.2) is 4.79 Å². The van der Waals surface area contributed by atoms with E-state index in [4.69, 9.17) is 9.47 Å². The van der Waals surface area contributed by atoms with Crippen molar-refractivity contribution in [1.82, 2.24) is 0 Å². The Hall–Kier alpha value is -3.27. The van der Waals surface area contributed by atoms with Crippen LogP contribution in [0.15, 0.2) is 66.7 Å². The second-order valence-electron chi connectivity index (χ2n) is 7.04. The van der Waals surface area contributed by atoms with Crippen LogP contribution < -0.4 is 9.64 Å². The lowest BCUT2D eigenvalue weighted by Crippen LogP contribution is -2.32. The molecule has 0 aromatic heterocycles. The number of hydrogen-bond acceptors (Lipinski definition) is 4. The van der Waals surface area contributed by atoms with Crippen LogP contribution in [0.1, 0.15) is 40.9 Å². The van der Waals surface area contributed by atoms with Crippen molar-refractivity contribution in [2.75, 3.05) is 18.0 Å². The van der Waals surface area contributed by atoms with Gasteiger partial charge in [0.15, 0.2) is 5.60 Å². The lowest BCUT2D eigenvalue weighted by atomic mass is 9.77. The van der Waals surface area contributed by atoms with E-state index in [9.17, 15) is 4.79 Å². The van der Waals surface area contributed by atoms with E-state index < -0.39 is 5.60 Å². The molecule has 2 aliphatic heterocycles. The molecule has 0 radical (unpaired) electrons. The molecule has 1 spiro atoms. The molecular formula is C24H21NO3. The number of anilines is 1. The van der Waals surface area contributed by atoms with Crippen LogP contribution in [0.25, 0.3) is 0 Å². The maximum atomic E-state index is 13.2. The zero-order valence-electron chi connectivity index (χ0n) is 15.9. The van der Waals surface area contributed by atoms with Gasteiger partial charge >= 0.3 is 5.97 Å². The smallest absolute Gasteiger partial charge is 0.342 e. The molecule has 0 saturated carbocycles. The van der Waals surface area contributed by atoms with Crippen molar-refractivity contribution in [3.63, 3.8) is 0 Å². The van der Waals surface area contributed by atoms with Crippen LogP contribution in [0.2, 0.25) is 0 Å². The topological polar surface area (TPSA) is 38.8 Å². The number of carbonyl (C=O) groups excluding carboxylic acids is 1. The maximum Gasteiger partial charge on any atom is 0.342 e. The van der Waals surface area contributed by atoms with E-state index in [0.717, 1.165) is 47.0 Å². The zero-order valence-corrected chi connectivity index (χ0v) is 15.9. The molecule has 2 aliphatic rings. The maximum absolute atomic E-state index is 13.2. The second-order valence-corrected chi connectivity index (χ2v) is 7.04.